The number of fused-ring (bicyclic) bond motifs is 1. The van der Waals surface area contributed by atoms with Crippen molar-refractivity contribution < 1.29 is 4.74 Å². The number of morpholine rings is 1. The maximum absolute atomic E-state index is 5.43. The molecule has 4 aliphatic heterocycles. The number of hydrogen-bond acceptors (Lipinski definition) is 6. The molecule has 0 radical (unpaired) electrons. The van der Waals surface area contributed by atoms with Crippen LogP contribution in [0.15, 0.2) is 76.1 Å². The van der Waals surface area contributed by atoms with Crippen molar-refractivity contribution in [2.24, 2.45) is 10.9 Å². The molecule has 0 bridgehead atoms. The number of nitrogens with zero attached hydrogens (tertiary/aromatic N) is 2. The maximum atomic E-state index is 5.43. The lowest BCUT2D eigenvalue weighted by Crippen LogP contribution is -2.36. The predicted molar refractivity (Wildman–Crippen MR) is 118 cm³/mol. The lowest BCUT2D eigenvalue weighted by Gasteiger charge is -2.29. The fourth-order valence-corrected chi connectivity index (χ4v) is 4.95. The average molecular weight is 393 g/mol. The second-order valence-corrected chi connectivity index (χ2v) is 8.28. The van der Waals surface area contributed by atoms with Crippen LogP contribution in [0.25, 0.3) is 0 Å². The zero-order valence-electron chi connectivity index (χ0n) is 15.7. The molecule has 0 amide bonds. The van der Waals surface area contributed by atoms with Gasteiger partial charge in [-0.1, -0.05) is 23.9 Å². The van der Waals surface area contributed by atoms with Crippen LogP contribution in [0.2, 0.25) is 0 Å². The number of thioether (sulfide) groups is 1. The molecule has 28 heavy (non-hydrogen) atoms. The third kappa shape index (κ3) is 3.75. The quantitative estimate of drug-likeness (QED) is 0.815. The molecule has 1 aromatic carbocycles. The van der Waals surface area contributed by atoms with Gasteiger partial charge in [0.1, 0.15) is 5.82 Å². The Morgan fingerprint density at radius 2 is 2.04 bits per heavy atom. The largest absolute Gasteiger partial charge is 0.387 e. The Kier molecular flexibility index (Phi) is 4.97. The van der Waals surface area contributed by atoms with Crippen molar-refractivity contribution >= 4 is 28.2 Å². The molecule has 4 aliphatic rings. The Balaban J connectivity index is 1.23. The molecule has 5 rings (SSSR count). The van der Waals surface area contributed by atoms with E-state index in [2.05, 4.69) is 64.1 Å². The van der Waals surface area contributed by atoms with Gasteiger partial charge in [-0.25, -0.2) is 4.99 Å². The number of anilines is 2. The molecular weight excluding hydrogens is 368 g/mol. The monoisotopic (exact) mass is 392 g/mol. The summed E-state index contributed by atoms with van der Waals surface area (Å²) in [4.78, 5) is 8.58. The van der Waals surface area contributed by atoms with Crippen LogP contribution in [0.1, 0.15) is 6.42 Å². The molecule has 2 N–H and O–H groups in total. The molecule has 5 nitrogen and oxygen atoms in total. The van der Waals surface area contributed by atoms with Gasteiger partial charge in [0.25, 0.3) is 0 Å². The Morgan fingerprint density at radius 3 is 2.82 bits per heavy atom. The van der Waals surface area contributed by atoms with Crippen LogP contribution in [-0.2, 0) is 4.74 Å². The van der Waals surface area contributed by atoms with Crippen molar-refractivity contribution in [3.8, 4) is 0 Å². The summed E-state index contributed by atoms with van der Waals surface area (Å²) in [6, 6.07) is 8.61. The number of allylic oxidation sites excluding steroid dienone is 4. The predicted octanol–water partition coefficient (Wildman–Crippen LogP) is 3.87. The molecular formula is C22H24N4OS. The SMILES string of the molecule is C1=CNCC(C2=CC3CC=C(Nc4ccc(N5CCOCC5)cc4)N=C3S2)=C1. The van der Waals surface area contributed by atoms with Crippen molar-refractivity contribution in [2.75, 3.05) is 43.1 Å². The van der Waals surface area contributed by atoms with E-state index in [0.29, 0.717) is 5.92 Å². The summed E-state index contributed by atoms with van der Waals surface area (Å²) in [5.41, 5.74) is 3.67. The van der Waals surface area contributed by atoms with Gasteiger partial charge >= 0.3 is 0 Å². The van der Waals surface area contributed by atoms with Gasteiger partial charge in [0.15, 0.2) is 0 Å². The molecule has 4 heterocycles. The molecule has 1 aromatic rings. The molecule has 1 saturated heterocycles. The van der Waals surface area contributed by atoms with Gasteiger partial charge in [-0.05, 0) is 54.6 Å². The highest BCUT2D eigenvalue weighted by molar-refractivity contribution is 8.17. The van der Waals surface area contributed by atoms with Gasteiger partial charge in [-0.3, -0.25) is 0 Å². The van der Waals surface area contributed by atoms with Crippen LogP contribution in [0, 0.1) is 5.92 Å². The van der Waals surface area contributed by atoms with E-state index in [1.54, 1.807) is 11.8 Å². The Labute approximate surface area is 169 Å². The van der Waals surface area contributed by atoms with Crippen molar-refractivity contribution in [1.82, 2.24) is 5.32 Å². The summed E-state index contributed by atoms with van der Waals surface area (Å²) in [6.07, 6.45) is 11.8. The van der Waals surface area contributed by atoms with Gasteiger partial charge in [0.2, 0.25) is 0 Å². The second-order valence-electron chi connectivity index (χ2n) is 7.22. The summed E-state index contributed by atoms with van der Waals surface area (Å²) < 4.78 is 5.43. The van der Waals surface area contributed by atoms with E-state index in [0.717, 1.165) is 50.8 Å². The molecule has 0 aliphatic carbocycles. The maximum Gasteiger partial charge on any atom is 0.127 e. The number of aliphatic imine (C=N–C) groups is 1. The number of nitrogens with one attached hydrogen (secondary N) is 2. The number of rotatable bonds is 4. The topological polar surface area (TPSA) is 48.9 Å². The average Bonchev–Trinajstić information content (AvgIpc) is 3.19. The van der Waals surface area contributed by atoms with E-state index in [1.165, 1.54) is 21.2 Å². The van der Waals surface area contributed by atoms with E-state index < -0.39 is 0 Å². The second kappa shape index (κ2) is 7.89. The van der Waals surface area contributed by atoms with Gasteiger partial charge in [0, 0.05) is 41.8 Å². The Bertz CT molecular complexity index is 892. The van der Waals surface area contributed by atoms with E-state index in [-0.39, 0.29) is 0 Å². The smallest absolute Gasteiger partial charge is 0.127 e. The summed E-state index contributed by atoms with van der Waals surface area (Å²) >= 11 is 1.81. The summed E-state index contributed by atoms with van der Waals surface area (Å²) in [5.74, 6) is 1.37. The molecule has 0 saturated carbocycles. The number of ether oxygens (including phenoxy) is 1. The summed E-state index contributed by atoms with van der Waals surface area (Å²) in [5, 5.41) is 7.95. The first-order chi connectivity index (χ1) is 13.8. The highest BCUT2D eigenvalue weighted by atomic mass is 32.2. The highest BCUT2D eigenvalue weighted by Gasteiger charge is 2.28. The molecule has 1 atom stereocenters. The Morgan fingerprint density at radius 1 is 1.18 bits per heavy atom. The van der Waals surface area contributed by atoms with Crippen molar-refractivity contribution in [3.05, 3.63) is 71.1 Å². The molecule has 6 heteroatoms. The molecule has 1 fully saturated rings. The first-order valence-corrected chi connectivity index (χ1v) is 10.6. The van der Waals surface area contributed by atoms with Gasteiger partial charge in [-0.2, -0.15) is 0 Å². The molecule has 1 unspecified atom stereocenters. The number of benzene rings is 1. The third-order valence-corrected chi connectivity index (χ3v) is 6.54. The standard InChI is InChI=1S/C22H24N4OS/c1-2-17(15-23-9-1)20-14-16-3-8-21(25-22(16)28-20)24-18-4-6-19(7-5-18)26-10-12-27-13-11-26/h1-2,4-9,14,16,23-24H,3,10-13,15H2. The minimum Gasteiger partial charge on any atom is -0.387 e. The summed E-state index contributed by atoms with van der Waals surface area (Å²) in [7, 11) is 0. The third-order valence-electron chi connectivity index (χ3n) is 5.32. The molecule has 0 aromatic heterocycles. The molecule has 144 valence electrons. The minimum absolute atomic E-state index is 0.418. The van der Waals surface area contributed by atoms with Crippen LogP contribution >= 0.6 is 11.8 Å². The van der Waals surface area contributed by atoms with E-state index in [1.807, 2.05) is 6.20 Å². The lowest BCUT2D eigenvalue weighted by molar-refractivity contribution is 0.122. The zero-order chi connectivity index (χ0) is 18.8. The number of dihydropyridines is 1. The van der Waals surface area contributed by atoms with E-state index >= 15 is 0 Å². The van der Waals surface area contributed by atoms with Crippen molar-refractivity contribution in [1.29, 1.82) is 0 Å². The fourth-order valence-electron chi connectivity index (χ4n) is 3.76. The van der Waals surface area contributed by atoms with E-state index in [9.17, 15) is 0 Å². The fraction of sp³-hybridized carbons (Fsp3) is 0.318. The van der Waals surface area contributed by atoms with Gasteiger partial charge < -0.3 is 20.3 Å². The van der Waals surface area contributed by atoms with Crippen LogP contribution < -0.4 is 15.5 Å². The highest BCUT2D eigenvalue weighted by Crippen LogP contribution is 2.41. The van der Waals surface area contributed by atoms with Gasteiger partial charge in [0.05, 0.1) is 18.3 Å². The number of hydrogen-bond donors (Lipinski definition) is 2. The van der Waals surface area contributed by atoms with Crippen LogP contribution in [0.4, 0.5) is 11.4 Å². The van der Waals surface area contributed by atoms with Crippen molar-refractivity contribution in [3.63, 3.8) is 0 Å². The van der Waals surface area contributed by atoms with Crippen LogP contribution in [-0.4, -0.2) is 37.9 Å². The first-order valence-electron chi connectivity index (χ1n) is 9.83. The van der Waals surface area contributed by atoms with Gasteiger partial charge in [-0.15, -0.1) is 0 Å². The van der Waals surface area contributed by atoms with E-state index in [4.69, 9.17) is 9.73 Å². The first kappa shape index (κ1) is 17.6. The minimum atomic E-state index is 0.418. The Hall–Kier alpha value is -2.44. The van der Waals surface area contributed by atoms with Crippen LogP contribution in [0.3, 0.4) is 0 Å². The summed E-state index contributed by atoms with van der Waals surface area (Å²) in [6.45, 7) is 4.43. The van der Waals surface area contributed by atoms with Crippen LogP contribution in [0.5, 0.6) is 0 Å². The lowest BCUT2D eigenvalue weighted by atomic mass is 10.0. The molecule has 0 spiro atoms. The zero-order valence-corrected chi connectivity index (χ0v) is 16.5. The van der Waals surface area contributed by atoms with Crippen molar-refractivity contribution in [2.45, 2.75) is 6.42 Å². The normalized spacial score (nSPS) is 23.9.